The summed E-state index contributed by atoms with van der Waals surface area (Å²) in [5.74, 6) is -2.28. The Labute approximate surface area is 139 Å². The number of hydrogen-bond donors (Lipinski definition) is 1. The molecule has 0 fully saturated rings. The third-order valence-corrected chi connectivity index (χ3v) is 4.94. The van der Waals surface area contributed by atoms with Crippen molar-refractivity contribution >= 4 is 23.0 Å². The van der Waals surface area contributed by atoms with Crippen LogP contribution in [0.4, 0.5) is 0 Å². The molecule has 118 valence electrons. The Morgan fingerprint density at radius 3 is 2.57 bits per heavy atom. The number of amides is 1. The summed E-state index contributed by atoms with van der Waals surface area (Å²) in [7, 11) is 0. The molecule has 0 aliphatic heterocycles. The van der Waals surface area contributed by atoms with Crippen molar-refractivity contribution in [3.63, 3.8) is 0 Å². The molecule has 1 aromatic carbocycles. The number of nitriles is 1. The first-order valence-electron chi connectivity index (χ1n) is 7.41. The van der Waals surface area contributed by atoms with E-state index in [4.69, 9.17) is 0 Å². The molecule has 1 amide bonds. The van der Waals surface area contributed by atoms with Crippen LogP contribution in [0.3, 0.4) is 0 Å². The minimum Gasteiger partial charge on any atom is -0.350 e. The number of rotatable bonds is 6. The van der Waals surface area contributed by atoms with Gasteiger partial charge in [0.25, 0.3) is 0 Å². The molecule has 1 aromatic heterocycles. The third-order valence-electron chi connectivity index (χ3n) is 3.55. The fourth-order valence-electron chi connectivity index (χ4n) is 2.26. The van der Waals surface area contributed by atoms with Crippen molar-refractivity contribution in [1.82, 2.24) is 5.32 Å². The quantitative estimate of drug-likeness (QED) is 0.654. The fourth-order valence-corrected chi connectivity index (χ4v) is 3.34. The molecule has 0 saturated carbocycles. The Bertz CT molecular complexity index is 744. The van der Waals surface area contributed by atoms with Gasteiger partial charge in [-0.05, 0) is 30.5 Å². The Morgan fingerprint density at radius 2 is 2.00 bits per heavy atom. The Morgan fingerprint density at radius 1 is 1.30 bits per heavy atom. The van der Waals surface area contributed by atoms with E-state index in [2.05, 4.69) is 5.32 Å². The zero-order valence-electron chi connectivity index (χ0n) is 13.1. The number of aryl methyl sites for hydroxylation is 2. The Kier molecular flexibility index (Phi) is 5.67. The van der Waals surface area contributed by atoms with Crippen LogP contribution in [0.25, 0.3) is 0 Å². The van der Waals surface area contributed by atoms with Gasteiger partial charge in [0.1, 0.15) is 0 Å². The van der Waals surface area contributed by atoms with E-state index in [0.717, 1.165) is 22.4 Å². The zero-order chi connectivity index (χ0) is 16.8. The molecular weight excluding hydrogens is 308 g/mol. The van der Waals surface area contributed by atoms with Crippen LogP contribution in [-0.4, -0.2) is 11.7 Å². The maximum Gasteiger partial charge on any atom is 0.245 e. The van der Waals surface area contributed by atoms with E-state index >= 15 is 0 Å². The van der Waals surface area contributed by atoms with Gasteiger partial charge in [-0.3, -0.25) is 9.59 Å². The SMILES string of the molecule is CCc1sc(C(=O)C(C#N)C(=O)NCc2ccccc2)cc1C. The largest absolute Gasteiger partial charge is 0.350 e. The average molecular weight is 326 g/mol. The lowest BCUT2D eigenvalue weighted by Crippen LogP contribution is -2.34. The molecule has 1 unspecified atom stereocenters. The average Bonchev–Trinajstić information content (AvgIpc) is 2.95. The maximum absolute atomic E-state index is 12.4. The number of nitrogens with zero attached hydrogens (tertiary/aromatic N) is 1. The van der Waals surface area contributed by atoms with Crippen molar-refractivity contribution in [2.24, 2.45) is 5.92 Å². The standard InChI is InChI=1S/C18H18N2O2S/c1-3-15-12(2)9-16(23-15)17(21)14(10-19)18(22)20-11-13-7-5-4-6-8-13/h4-9,14H,3,11H2,1-2H3,(H,20,22). The molecule has 0 radical (unpaired) electrons. The van der Waals surface area contributed by atoms with E-state index in [-0.39, 0.29) is 0 Å². The molecule has 1 N–H and O–H groups in total. The predicted molar refractivity (Wildman–Crippen MR) is 90.2 cm³/mol. The van der Waals surface area contributed by atoms with E-state index in [1.54, 1.807) is 6.07 Å². The summed E-state index contributed by atoms with van der Waals surface area (Å²) in [6.45, 7) is 4.25. The molecule has 2 aromatic rings. The van der Waals surface area contributed by atoms with Gasteiger partial charge >= 0.3 is 0 Å². The van der Waals surface area contributed by atoms with Crippen LogP contribution in [0.5, 0.6) is 0 Å². The molecule has 5 heteroatoms. The zero-order valence-corrected chi connectivity index (χ0v) is 13.9. The monoisotopic (exact) mass is 326 g/mol. The van der Waals surface area contributed by atoms with Gasteiger partial charge in [-0.2, -0.15) is 5.26 Å². The van der Waals surface area contributed by atoms with Crippen molar-refractivity contribution in [1.29, 1.82) is 5.26 Å². The van der Waals surface area contributed by atoms with E-state index in [9.17, 15) is 14.9 Å². The highest BCUT2D eigenvalue weighted by Gasteiger charge is 2.28. The van der Waals surface area contributed by atoms with Crippen molar-refractivity contribution in [3.05, 3.63) is 57.3 Å². The summed E-state index contributed by atoms with van der Waals surface area (Å²) in [6, 6.07) is 13.0. The first-order chi connectivity index (χ1) is 11.1. The summed E-state index contributed by atoms with van der Waals surface area (Å²) in [5.41, 5.74) is 1.95. The highest BCUT2D eigenvalue weighted by atomic mass is 32.1. The van der Waals surface area contributed by atoms with Crippen LogP contribution in [0.1, 0.15) is 32.6 Å². The van der Waals surface area contributed by atoms with Crippen LogP contribution in [0.2, 0.25) is 0 Å². The minimum atomic E-state index is -1.30. The van der Waals surface area contributed by atoms with E-state index in [1.807, 2.05) is 50.2 Å². The van der Waals surface area contributed by atoms with Gasteiger partial charge < -0.3 is 5.32 Å². The van der Waals surface area contributed by atoms with Gasteiger partial charge in [-0.1, -0.05) is 37.3 Å². The van der Waals surface area contributed by atoms with E-state index in [1.165, 1.54) is 11.3 Å². The number of thiophene rings is 1. The number of Topliss-reactive ketones (excluding diaryl/α,β-unsaturated/α-hetero) is 1. The molecular formula is C18H18N2O2S. The lowest BCUT2D eigenvalue weighted by molar-refractivity contribution is -0.122. The van der Waals surface area contributed by atoms with E-state index < -0.39 is 17.6 Å². The molecule has 1 atom stereocenters. The number of nitrogens with one attached hydrogen (secondary N) is 1. The highest BCUT2D eigenvalue weighted by Crippen LogP contribution is 2.24. The number of benzene rings is 1. The fraction of sp³-hybridized carbons (Fsp3) is 0.278. The van der Waals surface area contributed by atoms with Crippen LogP contribution in [-0.2, 0) is 17.8 Å². The van der Waals surface area contributed by atoms with Crippen molar-refractivity contribution in [2.45, 2.75) is 26.8 Å². The van der Waals surface area contributed by atoms with Gasteiger partial charge in [-0.15, -0.1) is 11.3 Å². The van der Waals surface area contributed by atoms with Crippen LogP contribution in [0, 0.1) is 24.2 Å². The van der Waals surface area contributed by atoms with Crippen LogP contribution < -0.4 is 5.32 Å². The molecule has 0 aliphatic carbocycles. The lowest BCUT2D eigenvalue weighted by atomic mass is 10.0. The molecule has 0 saturated heterocycles. The Hall–Kier alpha value is -2.45. The van der Waals surface area contributed by atoms with Gasteiger partial charge in [0.2, 0.25) is 5.91 Å². The third kappa shape index (κ3) is 4.05. The first kappa shape index (κ1) is 16.9. The predicted octanol–water partition coefficient (Wildman–Crippen LogP) is 3.26. The highest BCUT2D eigenvalue weighted by molar-refractivity contribution is 7.14. The second-order valence-electron chi connectivity index (χ2n) is 5.20. The molecule has 23 heavy (non-hydrogen) atoms. The summed E-state index contributed by atoms with van der Waals surface area (Å²) in [6.07, 6.45) is 0.835. The number of hydrogen-bond acceptors (Lipinski definition) is 4. The molecule has 0 aliphatic rings. The summed E-state index contributed by atoms with van der Waals surface area (Å²) in [5, 5.41) is 11.9. The van der Waals surface area contributed by atoms with Crippen LogP contribution >= 0.6 is 11.3 Å². The van der Waals surface area contributed by atoms with Gasteiger partial charge in [0.15, 0.2) is 11.7 Å². The molecule has 1 heterocycles. The van der Waals surface area contributed by atoms with Crippen molar-refractivity contribution in [3.8, 4) is 6.07 Å². The summed E-state index contributed by atoms with van der Waals surface area (Å²) >= 11 is 1.36. The second-order valence-corrected chi connectivity index (χ2v) is 6.34. The van der Waals surface area contributed by atoms with Gasteiger partial charge in [-0.25, -0.2) is 0 Å². The van der Waals surface area contributed by atoms with Crippen LogP contribution in [0.15, 0.2) is 36.4 Å². The smallest absolute Gasteiger partial charge is 0.245 e. The normalized spacial score (nSPS) is 11.5. The molecule has 4 nitrogen and oxygen atoms in total. The summed E-state index contributed by atoms with van der Waals surface area (Å²) < 4.78 is 0. The minimum absolute atomic E-state index is 0.300. The lowest BCUT2D eigenvalue weighted by Gasteiger charge is -2.08. The molecule has 0 spiro atoms. The second kappa shape index (κ2) is 7.70. The van der Waals surface area contributed by atoms with Crippen molar-refractivity contribution < 1.29 is 9.59 Å². The van der Waals surface area contributed by atoms with E-state index in [0.29, 0.717) is 11.4 Å². The van der Waals surface area contributed by atoms with Gasteiger partial charge in [0, 0.05) is 11.4 Å². The number of carbonyl (C=O) groups is 2. The van der Waals surface area contributed by atoms with Gasteiger partial charge in [0.05, 0.1) is 10.9 Å². The number of ketones is 1. The Balaban J connectivity index is 2.07. The summed E-state index contributed by atoms with van der Waals surface area (Å²) in [4.78, 5) is 26.2. The molecule has 0 bridgehead atoms. The number of carbonyl (C=O) groups excluding carboxylic acids is 2. The molecule has 2 rings (SSSR count). The first-order valence-corrected chi connectivity index (χ1v) is 8.23. The van der Waals surface area contributed by atoms with Crippen molar-refractivity contribution in [2.75, 3.05) is 0 Å². The topological polar surface area (TPSA) is 70.0 Å². The maximum atomic E-state index is 12.4.